The summed E-state index contributed by atoms with van der Waals surface area (Å²) in [6.45, 7) is 5.92. The minimum absolute atomic E-state index is 0.0626. The third-order valence-electron chi connectivity index (χ3n) is 4.22. The van der Waals surface area contributed by atoms with E-state index in [2.05, 4.69) is 26.1 Å². The minimum Gasteiger partial charge on any atom is -0.482 e. The van der Waals surface area contributed by atoms with Crippen molar-refractivity contribution in [1.82, 2.24) is 0 Å². The molecule has 6 heteroatoms. The van der Waals surface area contributed by atoms with Gasteiger partial charge in [0.05, 0.1) is 11.4 Å². The Kier molecular flexibility index (Phi) is 4.68. The number of fused-ring (bicyclic) bond motifs is 1. The van der Waals surface area contributed by atoms with Crippen LogP contribution in [0.5, 0.6) is 5.75 Å². The van der Waals surface area contributed by atoms with E-state index in [1.807, 2.05) is 12.1 Å². The second-order valence-electron chi connectivity index (χ2n) is 7.23. The molecular weight excluding hydrogens is 335 g/mol. The zero-order valence-electron chi connectivity index (χ0n) is 15.0. The number of halogens is 1. The van der Waals surface area contributed by atoms with Crippen molar-refractivity contribution in [2.45, 2.75) is 26.2 Å². The molecule has 1 heterocycles. The molecule has 3 rings (SSSR count). The van der Waals surface area contributed by atoms with Gasteiger partial charge in [-0.15, -0.1) is 0 Å². The van der Waals surface area contributed by atoms with Gasteiger partial charge in [-0.1, -0.05) is 39.0 Å². The van der Waals surface area contributed by atoms with Gasteiger partial charge in [-0.3, -0.25) is 14.5 Å². The van der Waals surface area contributed by atoms with Crippen LogP contribution in [0.4, 0.5) is 15.8 Å². The first-order chi connectivity index (χ1) is 12.3. The van der Waals surface area contributed by atoms with Crippen LogP contribution in [-0.4, -0.2) is 25.0 Å². The molecule has 0 bridgehead atoms. The normalized spacial score (nSPS) is 13.8. The highest BCUT2D eigenvalue weighted by molar-refractivity contribution is 6.05. The number of benzene rings is 2. The summed E-state index contributed by atoms with van der Waals surface area (Å²) < 4.78 is 19.2. The molecule has 1 aliphatic rings. The number of carbonyl (C=O) groups excluding carboxylic acids is 2. The average Bonchev–Trinajstić information content (AvgIpc) is 2.58. The van der Waals surface area contributed by atoms with Gasteiger partial charge in [0.1, 0.15) is 18.1 Å². The number of hydrogen-bond acceptors (Lipinski definition) is 3. The number of nitrogens with zero attached hydrogens (tertiary/aromatic N) is 1. The molecule has 0 aromatic heterocycles. The molecule has 2 aromatic rings. The number of para-hydroxylation sites is 1. The van der Waals surface area contributed by atoms with Crippen molar-refractivity contribution in [2.75, 3.05) is 23.4 Å². The second-order valence-corrected chi connectivity index (χ2v) is 7.23. The van der Waals surface area contributed by atoms with E-state index in [9.17, 15) is 14.0 Å². The molecule has 0 radical (unpaired) electrons. The van der Waals surface area contributed by atoms with Crippen molar-refractivity contribution < 1.29 is 18.7 Å². The summed E-state index contributed by atoms with van der Waals surface area (Å²) in [5.74, 6) is -0.749. The fraction of sp³-hybridized carbons (Fsp3) is 0.300. The molecule has 0 fully saturated rings. The molecule has 136 valence electrons. The Morgan fingerprint density at radius 3 is 2.65 bits per heavy atom. The molecule has 1 aliphatic heterocycles. The summed E-state index contributed by atoms with van der Waals surface area (Å²) in [6, 6.07) is 11.5. The van der Waals surface area contributed by atoms with Crippen molar-refractivity contribution >= 4 is 23.2 Å². The summed E-state index contributed by atoms with van der Waals surface area (Å²) in [7, 11) is 0. The maximum absolute atomic E-state index is 13.7. The fourth-order valence-electron chi connectivity index (χ4n) is 2.74. The van der Waals surface area contributed by atoms with Crippen LogP contribution in [0.1, 0.15) is 26.3 Å². The van der Waals surface area contributed by atoms with Crippen LogP contribution in [0.25, 0.3) is 0 Å². The lowest BCUT2D eigenvalue weighted by Gasteiger charge is -2.30. The average molecular weight is 356 g/mol. The van der Waals surface area contributed by atoms with Crippen LogP contribution < -0.4 is 15.0 Å². The molecule has 2 amide bonds. The molecule has 26 heavy (non-hydrogen) atoms. The van der Waals surface area contributed by atoms with E-state index in [0.717, 1.165) is 5.56 Å². The Balaban J connectivity index is 1.81. The highest BCUT2D eigenvalue weighted by Gasteiger charge is 2.29. The van der Waals surface area contributed by atoms with Crippen molar-refractivity contribution in [3.8, 4) is 5.75 Å². The second kappa shape index (κ2) is 6.78. The summed E-state index contributed by atoms with van der Waals surface area (Å²) >= 11 is 0. The molecule has 5 nitrogen and oxygen atoms in total. The van der Waals surface area contributed by atoms with E-state index in [0.29, 0.717) is 11.4 Å². The molecule has 0 saturated heterocycles. The Hall–Kier alpha value is -2.89. The highest BCUT2D eigenvalue weighted by atomic mass is 19.1. The summed E-state index contributed by atoms with van der Waals surface area (Å²) in [4.78, 5) is 25.9. The van der Waals surface area contributed by atoms with Gasteiger partial charge in [-0.2, -0.15) is 0 Å². The fourth-order valence-corrected chi connectivity index (χ4v) is 2.74. The van der Waals surface area contributed by atoms with Gasteiger partial charge in [-0.05, 0) is 35.2 Å². The van der Waals surface area contributed by atoms with E-state index in [1.54, 1.807) is 18.2 Å². The van der Waals surface area contributed by atoms with Gasteiger partial charge in [0, 0.05) is 0 Å². The summed E-state index contributed by atoms with van der Waals surface area (Å²) in [6.07, 6.45) is 0. The Bertz CT molecular complexity index is 858. The zero-order valence-corrected chi connectivity index (χ0v) is 15.0. The first kappa shape index (κ1) is 17.9. The standard InChI is InChI=1S/C20H21FN2O3/c1-20(2,3)13-8-9-16-17(10-13)26-12-19(25)23(16)11-18(24)22-15-7-5-4-6-14(15)21/h4-10H,11-12H2,1-3H3,(H,22,24). The third-order valence-corrected chi connectivity index (χ3v) is 4.22. The maximum Gasteiger partial charge on any atom is 0.265 e. The summed E-state index contributed by atoms with van der Waals surface area (Å²) in [5, 5.41) is 2.50. The quantitative estimate of drug-likeness (QED) is 0.916. The van der Waals surface area contributed by atoms with Gasteiger partial charge < -0.3 is 10.1 Å². The topological polar surface area (TPSA) is 58.6 Å². The van der Waals surface area contributed by atoms with E-state index in [4.69, 9.17) is 4.74 Å². The van der Waals surface area contributed by atoms with Crippen molar-refractivity contribution in [2.24, 2.45) is 0 Å². The van der Waals surface area contributed by atoms with E-state index in [1.165, 1.54) is 17.0 Å². The van der Waals surface area contributed by atoms with Crippen molar-refractivity contribution in [3.05, 3.63) is 53.8 Å². The lowest BCUT2D eigenvalue weighted by molar-refractivity contribution is -0.123. The van der Waals surface area contributed by atoms with E-state index < -0.39 is 11.7 Å². The molecule has 0 spiro atoms. The van der Waals surface area contributed by atoms with Crippen molar-refractivity contribution in [3.63, 3.8) is 0 Å². The van der Waals surface area contributed by atoms with Gasteiger partial charge >= 0.3 is 0 Å². The number of hydrogen-bond donors (Lipinski definition) is 1. The molecule has 0 atom stereocenters. The molecule has 0 aliphatic carbocycles. The van der Waals surface area contributed by atoms with E-state index in [-0.39, 0.29) is 30.2 Å². The predicted octanol–water partition coefficient (Wildman–Crippen LogP) is 3.49. The monoisotopic (exact) mass is 356 g/mol. The maximum atomic E-state index is 13.7. The van der Waals surface area contributed by atoms with Crippen LogP contribution in [-0.2, 0) is 15.0 Å². The smallest absolute Gasteiger partial charge is 0.265 e. The van der Waals surface area contributed by atoms with Gasteiger partial charge in [0.2, 0.25) is 5.91 Å². The molecule has 0 saturated carbocycles. The van der Waals surface area contributed by atoms with Crippen LogP contribution in [0.2, 0.25) is 0 Å². The summed E-state index contributed by atoms with van der Waals surface area (Å²) in [5.41, 5.74) is 1.63. The van der Waals surface area contributed by atoms with Crippen LogP contribution in [0.3, 0.4) is 0 Å². The van der Waals surface area contributed by atoms with Gasteiger partial charge in [-0.25, -0.2) is 4.39 Å². The molecule has 0 unspecified atom stereocenters. The zero-order chi connectivity index (χ0) is 18.9. The molecule has 1 N–H and O–H groups in total. The highest BCUT2D eigenvalue weighted by Crippen LogP contribution is 2.36. The number of nitrogens with one attached hydrogen (secondary N) is 1. The number of anilines is 2. The Labute approximate surface area is 151 Å². The minimum atomic E-state index is -0.524. The van der Waals surface area contributed by atoms with Crippen molar-refractivity contribution in [1.29, 1.82) is 0 Å². The largest absolute Gasteiger partial charge is 0.482 e. The Morgan fingerprint density at radius 1 is 1.23 bits per heavy atom. The number of ether oxygens (including phenoxy) is 1. The van der Waals surface area contributed by atoms with Gasteiger partial charge in [0.15, 0.2) is 6.61 Å². The first-order valence-corrected chi connectivity index (χ1v) is 8.38. The molecule has 2 aromatic carbocycles. The lowest BCUT2D eigenvalue weighted by Crippen LogP contribution is -2.43. The number of rotatable bonds is 3. The third kappa shape index (κ3) is 3.69. The number of amides is 2. The van der Waals surface area contributed by atoms with Crippen LogP contribution in [0.15, 0.2) is 42.5 Å². The molecular formula is C20H21FN2O3. The lowest BCUT2D eigenvalue weighted by atomic mass is 9.86. The Morgan fingerprint density at radius 2 is 1.96 bits per heavy atom. The van der Waals surface area contributed by atoms with Gasteiger partial charge in [0.25, 0.3) is 5.91 Å². The van der Waals surface area contributed by atoms with E-state index >= 15 is 0 Å². The van der Waals surface area contributed by atoms with Crippen LogP contribution >= 0.6 is 0 Å². The SMILES string of the molecule is CC(C)(C)c1ccc2c(c1)OCC(=O)N2CC(=O)Nc1ccccc1F. The van der Waals surface area contributed by atoms with Crippen LogP contribution in [0, 0.1) is 5.82 Å². The first-order valence-electron chi connectivity index (χ1n) is 8.38. The number of carbonyl (C=O) groups is 2. The predicted molar refractivity (Wildman–Crippen MR) is 98.0 cm³/mol.